The highest BCUT2D eigenvalue weighted by atomic mass is 33.1. The van der Waals surface area contributed by atoms with Crippen LogP contribution < -0.4 is 0 Å². The normalized spacial score (nSPS) is 14.6. The van der Waals surface area contributed by atoms with Crippen LogP contribution in [0.2, 0.25) is 0 Å². The van der Waals surface area contributed by atoms with Gasteiger partial charge in [0.25, 0.3) is 0 Å². The monoisotopic (exact) mass is 280 g/mol. The molecule has 0 heterocycles. The van der Waals surface area contributed by atoms with Crippen LogP contribution in [-0.2, 0) is 19.7 Å². The molecule has 0 rings (SSSR count). The molecule has 0 aliphatic heterocycles. The maximum atomic E-state index is 11.3. The summed E-state index contributed by atoms with van der Waals surface area (Å²) in [7, 11) is -2.98. The molecule has 1 atom stereocenters. The zero-order valence-corrected chi connectivity index (χ0v) is 11.6. The average Bonchev–Trinajstić information content (AvgIpc) is 2.21. The molecule has 0 aromatic carbocycles. The van der Waals surface area contributed by atoms with E-state index in [9.17, 15) is 12.6 Å². The first-order valence-electron chi connectivity index (χ1n) is 4.65. The van der Waals surface area contributed by atoms with Crippen molar-refractivity contribution in [2.24, 2.45) is 0 Å². The van der Waals surface area contributed by atoms with Crippen LogP contribution in [0, 0.1) is 0 Å². The Morgan fingerprint density at radius 3 is 2.56 bits per heavy atom. The van der Waals surface area contributed by atoms with E-state index in [2.05, 4.69) is 6.58 Å². The van der Waals surface area contributed by atoms with Crippen LogP contribution >= 0.6 is 10.8 Å². The van der Waals surface area contributed by atoms with Gasteiger partial charge in [-0.2, -0.15) is 0 Å². The van der Waals surface area contributed by atoms with Gasteiger partial charge in [0.2, 0.25) is 0 Å². The summed E-state index contributed by atoms with van der Waals surface area (Å²) in [6, 6.07) is 0. The van der Waals surface area contributed by atoms with Crippen molar-refractivity contribution in [2.45, 2.75) is 6.92 Å². The number of hydrogen-bond donors (Lipinski definition) is 0. The van der Waals surface area contributed by atoms with Gasteiger partial charge in [-0.3, -0.25) is 0 Å². The fourth-order valence-electron chi connectivity index (χ4n) is 0.749. The topological polar surface area (TPSA) is 51.2 Å². The van der Waals surface area contributed by atoms with Gasteiger partial charge >= 0.3 is 0 Å². The molecule has 0 fully saturated rings. The lowest BCUT2D eigenvalue weighted by Crippen LogP contribution is -2.06. The Hall–Kier alpha value is -0.330. The third-order valence-corrected chi connectivity index (χ3v) is 5.26. The van der Waals surface area contributed by atoms with Gasteiger partial charge in [-0.05, 0) is 23.1 Å². The Morgan fingerprint density at radius 2 is 2.00 bits per heavy atom. The van der Waals surface area contributed by atoms with Crippen molar-refractivity contribution in [3.63, 3.8) is 0 Å². The lowest BCUT2D eigenvalue weighted by molar-refractivity contribution is 0.602. The molecule has 0 spiro atoms. The Labute approximate surface area is 103 Å². The minimum Gasteiger partial charge on any atom is -0.247 e. The summed E-state index contributed by atoms with van der Waals surface area (Å²) >= 11 is 0. The quantitative estimate of drug-likeness (QED) is 0.504. The first-order chi connectivity index (χ1) is 7.52. The zero-order valence-electron chi connectivity index (χ0n) is 9.16. The van der Waals surface area contributed by atoms with Gasteiger partial charge in [0, 0.05) is 0 Å². The van der Waals surface area contributed by atoms with Gasteiger partial charge in [0.05, 0.1) is 27.1 Å². The van der Waals surface area contributed by atoms with Crippen molar-refractivity contribution in [3.05, 3.63) is 36.3 Å². The van der Waals surface area contributed by atoms with Crippen LogP contribution in [-0.4, -0.2) is 29.9 Å². The molecule has 0 amide bonds. The van der Waals surface area contributed by atoms with Crippen LogP contribution in [0.5, 0.6) is 0 Å². The maximum absolute atomic E-state index is 11.3. The van der Waals surface area contributed by atoms with Crippen LogP contribution in [0.1, 0.15) is 6.92 Å². The van der Waals surface area contributed by atoms with Crippen molar-refractivity contribution < 1.29 is 12.6 Å². The molecule has 0 saturated carbocycles. The highest BCUT2D eigenvalue weighted by Crippen LogP contribution is 2.09. The second-order valence-electron chi connectivity index (χ2n) is 2.87. The fraction of sp³-hybridized carbons (Fsp3) is 0.400. The minimum atomic E-state index is -3.08. The molecule has 92 valence electrons. The fourth-order valence-corrected chi connectivity index (χ4v) is 3.56. The minimum absolute atomic E-state index is 0.0241. The summed E-state index contributed by atoms with van der Waals surface area (Å²) in [6.07, 6.45) is 6.51. The van der Waals surface area contributed by atoms with Crippen LogP contribution in [0.3, 0.4) is 0 Å². The average molecular weight is 280 g/mol. The zero-order chi connectivity index (χ0) is 12.4. The van der Waals surface area contributed by atoms with E-state index < -0.39 is 19.7 Å². The summed E-state index contributed by atoms with van der Waals surface area (Å²) in [5.41, 5.74) is 0. The van der Waals surface area contributed by atoms with Crippen molar-refractivity contribution in [1.82, 2.24) is 0 Å². The van der Waals surface area contributed by atoms with Gasteiger partial charge in [-0.15, -0.1) is 6.58 Å². The Balaban J connectivity index is 3.94. The van der Waals surface area contributed by atoms with Crippen molar-refractivity contribution in [3.8, 4) is 0 Å². The number of sulfone groups is 1. The van der Waals surface area contributed by atoms with Crippen LogP contribution in [0.4, 0.5) is 0 Å². The van der Waals surface area contributed by atoms with Gasteiger partial charge in [0.15, 0.2) is 9.84 Å². The molecule has 0 aromatic rings. The molecular weight excluding hydrogens is 264 g/mol. The van der Waals surface area contributed by atoms with E-state index in [0.29, 0.717) is 5.75 Å². The molecule has 0 aromatic heterocycles. The lowest BCUT2D eigenvalue weighted by Gasteiger charge is -1.95. The Bertz CT molecular complexity index is 380. The smallest absolute Gasteiger partial charge is 0.157 e. The highest BCUT2D eigenvalue weighted by molar-refractivity contribution is 8.70. The van der Waals surface area contributed by atoms with Crippen molar-refractivity contribution in [2.75, 3.05) is 17.3 Å². The predicted octanol–water partition coefficient (Wildman–Crippen LogP) is 2.07. The molecule has 0 radical (unpaired) electrons. The van der Waals surface area contributed by atoms with Crippen LogP contribution in [0.25, 0.3) is 0 Å². The van der Waals surface area contributed by atoms with Gasteiger partial charge in [0.1, 0.15) is 0 Å². The van der Waals surface area contributed by atoms with Crippen molar-refractivity contribution in [1.29, 1.82) is 0 Å². The van der Waals surface area contributed by atoms with E-state index in [1.807, 2.05) is 19.1 Å². The summed E-state index contributed by atoms with van der Waals surface area (Å²) < 4.78 is 33.7. The van der Waals surface area contributed by atoms with E-state index in [1.54, 1.807) is 5.41 Å². The van der Waals surface area contributed by atoms with Gasteiger partial charge in [-0.25, -0.2) is 12.6 Å². The highest BCUT2D eigenvalue weighted by Gasteiger charge is 2.04. The van der Waals surface area contributed by atoms with Crippen LogP contribution in [0.15, 0.2) is 36.3 Å². The van der Waals surface area contributed by atoms with E-state index in [0.717, 1.165) is 10.8 Å². The number of rotatable bonds is 8. The first kappa shape index (κ1) is 15.7. The molecule has 1 unspecified atom stereocenters. The molecule has 16 heavy (non-hydrogen) atoms. The maximum Gasteiger partial charge on any atom is 0.157 e. The van der Waals surface area contributed by atoms with E-state index in [4.69, 9.17) is 0 Å². The third kappa shape index (κ3) is 8.94. The first-order valence-corrected chi connectivity index (χ1v) is 9.18. The SMILES string of the molecule is C=CCS(=O)(=O)C/C=C\SS(=O)C/C=C/C. The molecule has 3 nitrogen and oxygen atoms in total. The number of allylic oxidation sites excluding steroid dienone is 1. The molecule has 0 aliphatic carbocycles. The molecule has 0 saturated heterocycles. The number of hydrogen-bond acceptors (Lipinski definition) is 4. The summed E-state index contributed by atoms with van der Waals surface area (Å²) in [4.78, 5) is 0. The second-order valence-corrected chi connectivity index (χ2v) is 8.12. The molecule has 0 bridgehead atoms. The Morgan fingerprint density at radius 1 is 1.31 bits per heavy atom. The van der Waals surface area contributed by atoms with E-state index in [-0.39, 0.29) is 11.5 Å². The van der Waals surface area contributed by atoms with Crippen molar-refractivity contribution >= 4 is 30.5 Å². The lowest BCUT2D eigenvalue weighted by atomic mass is 10.6. The molecule has 6 heteroatoms. The summed E-state index contributed by atoms with van der Waals surface area (Å²) in [5.74, 6) is 0.418. The Kier molecular flexibility index (Phi) is 8.60. The standard InChI is InChI=1S/C10H16O3S3/c1-3-5-8-15(11)14-7-6-10-16(12,13)9-4-2/h3-7H,2,8-10H2,1H3/b5-3+,7-6-. The second kappa shape index (κ2) is 8.78. The molecule has 0 aliphatic rings. The third-order valence-electron chi connectivity index (χ3n) is 1.45. The van der Waals surface area contributed by atoms with Gasteiger partial charge in [-0.1, -0.05) is 24.3 Å². The van der Waals surface area contributed by atoms with E-state index >= 15 is 0 Å². The van der Waals surface area contributed by atoms with E-state index in [1.165, 1.54) is 12.2 Å². The predicted molar refractivity (Wildman–Crippen MR) is 73.4 cm³/mol. The summed E-state index contributed by atoms with van der Waals surface area (Å²) in [5, 5.41) is 1.57. The molecule has 0 N–H and O–H groups in total. The summed E-state index contributed by atoms with van der Waals surface area (Å²) in [6.45, 7) is 5.23. The van der Waals surface area contributed by atoms with Gasteiger partial charge < -0.3 is 0 Å². The largest absolute Gasteiger partial charge is 0.247 e. The molecular formula is C10H16O3S3.